The Morgan fingerprint density at radius 2 is 1.52 bits per heavy atom. The summed E-state index contributed by atoms with van der Waals surface area (Å²) in [6.07, 6.45) is 0.959. The summed E-state index contributed by atoms with van der Waals surface area (Å²) in [5.74, 6) is 1.37. The highest BCUT2D eigenvalue weighted by Crippen LogP contribution is 2.29. The zero-order chi connectivity index (χ0) is 16.2. The molecule has 0 fully saturated rings. The molecule has 0 aliphatic rings. The van der Waals surface area contributed by atoms with Gasteiger partial charge in [-0.05, 0) is 5.56 Å². The summed E-state index contributed by atoms with van der Waals surface area (Å²) in [4.78, 5) is 11.0. The Balaban J connectivity index is 2.05. The zero-order valence-corrected chi connectivity index (χ0v) is 13.2. The first kappa shape index (κ1) is 15.2. The van der Waals surface area contributed by atoms with Crippen LogP contribution in [0.5, 0.6) is 0 Å². The van der Waals surface area contributed by atoms with Gasteiger partial charge in [0, 0.05) is 31.4 Å². The lowest BCUT2D eigenvalue weighted by Crippen LogP contribution is -2.16. The van der Waals surface area contributed by atoms with E-state index in [0.29, 0.717) is 11.4 Å². The van der Waals surface area contributed by atoms with Crippen molar-refractivity contribution in [2.24, 2.45) is 0 Å². The van der Waals surface area contributed by atoms with Gasteiger partial charge in [-0.15, -0.1) is 0 Å². The van der Waals surface area contributed by atoms with Crippen molar-refractivity contribution in [3.8, 4) is 11.4 Å². The molecule has 0 aliphatic heterocycles. The largest absolute Gasteiger partial charge is 0.383 e. The molecule has 1 heterocycles. The summed E-state index contributed by atoms with van der Waals surface area (Å²) in [5.41, 5.74) is 2.48. The molecule has 0 amide bonds. The van der Waals surface area contributed by atoms with Gasteiger partial charge in [-0.3, -0.25) is 0 Å². The lowest BCUT2D eigenvalue weighted by molar-refractivity contribution is 0.220. The van der Waals surface area contributed by atoms with Crippen LogP contribution in [-0.2, 0) is 0 Å². The van der Waals surface area contributed by atoms with Crippen LogP contribution in [0.25, 0.3) is 11.4 Å². The molecule has 0 radical (unpaired) electrons. The summed E-state index contributed by atoms with van der Waals surface area (Å²) >= 11 is 0. The van der Waals surface area contributed by atoms with Crippen LogP contribution in [0.1, 0.15) is 17.2 Å². The van der Waals surface area contributed by atoms with Gasteiger partial charge in [0.05, 0.1) is 0 Å². The first-order chi connectivity index (χ1) is 11.2. The topological polar surface area (TPSA) is 49.2 Å². The summed E-state index contributed by atoms with van der Waals surface area (Å²) in [6, 6.07) is 19.4. The Morgan fingerprint density at radius 3 is 2.13 bits per heavy atom. The SMILES string of the molecule is CN(C)c1nc(-c2ccccc2)ncc1C(O)c1ccccc1. The average Bonchev–Trinajstić information content (AvgIpc) is 2.62. The molecule has 4 heteroatoms. The summed E-state index contributed by atoms with van der Waals surface area (Å²) < 4.78 is 0. The van der Waals surface area contributed by atoms with Gasteiger partial charge in [0.15, 0.2) is 5.82 Å². The Kier molecular flexibility index (Phi) is 4.35. The molecule has 116 valence electrons. The van der Waals surface area contributed by atoms with Crippen molar-refractivity contribution in [1.82, 2.24) is 9.97 Å². The molecular formula is C19H19N3O. The Labute approximate surface area is 136 Å². The van der Waals surface area contributed by atoms with Crippen molar-refractivity contribution in [2.75, 3.05) is 19.0 Å². The van der Waals surface area contributed by atoms with E-state index in [4.69, 9.17) is 0 Å². The molecule has 23 heavy (non-hydrogen) atoms. The second kappa shape index (κ2) is 6.58. The van der Waals surface area contributed by atoms with Crippen LogP contribution in [0.4, 0.5) is 5.82 Å². The van der Waals surface area contributed by atoms with Crippen molar-refractivity contribution in [3.05, 3.63) is 78.0 Å². The zero-order valence-electron chi connectivity index (χ0n) is 13.2. The van der Waals surface area contributed by atoms with Crippen molar-refractivity contribution < 1.29 is 5.11 Å². The molecule has 1 atom stereocenters. The van der Waals surface area contributed by atoms with E-state index in [-0.39, 0.29) is 0 Å². The summed E-state index contributed by atoms with van der Waals surface area (Å²) in [5, 5.41) is 10.7. The molecule has 0 saturated heterocycles. The Hall–Kier alpha value is -2.72. The van der Waals surface area contributed by atoms with E-state index in [9.17, 15) is 5.11 Å². The number of rotatable bonds is 4. The van der Waals surface area contributed by atoms with Gasteiger partial charge < -0.3 is 10.0 Å². The minimum absolute atomic E-state index is 0.651. The van der Waals surface area contributed by atoms with Gasteiger partial charge in [0.1, 0.15) is 11.9 Å². The van der Waals surface area contributed by atoms with Crippen molar-refractivity contribution in [2.45, 2.75) is 6.10 Å². The number of hydrogen-bond acceptors (Lipinski definition) is 4. The molecule has 0 aliphatic carbocycles. The molecule has 1 aromatic heterocycles. The van der Waals surface area contributed by atoms with Gasteiger partial charge in [-0.2, -0.15) is 0 Å². The summed E-state index contributed by atoms with van der Waals surface area (Å²) in [6.45, 7) is 0. The number of nitrogens with zero attached hydrogens (tertiary/aromatic N) is 3. The molecule has 2 aromatic carbocycles. The van der Waals surface area contributed by atoms with E-state index in [1.165, 1.54) is 0 Å². The van der Waals surface area contributed by atoms with Crippen LogP contribution < -0.4 is 4.90 Å². The smallest absolute Gasteiger partial charge is 0.161 e. The maximum atomic E-state index is 10.7. The molecule has 0 bridgehead atoms. The second-order valence-corrected chi connectivity index (χ2v) is 5.55. The molecule has 3 aromatic rings. The van der Waals surface area contributed by atoms with Crippen LogP contribution in [-0.4, -0.2) is 29.2 Å². The third kappa shape index (κ3) is 3.22. The number of aliphatic hydroxyl groups excluding tert-OH is 1. The normalized spacial score (nSPS) is 12.0. The minimum atomic E-state index is -0.751. The van der Waals surface area contributed by atoms with Gasteiger partial charge in [-0.25, -0.2) is 9.97 Å². The van der Waals surface area contributed by atoms with Crippen LogP contribution in [0, 0.1) is 0 Å². The third-order valence-electron chi connectivity index (χ3n) is 3.66. The number of anilines is 1. The lowest BCUT2D eigenvalue weighted by atomic mass is 10.0. The molecule has 0 saturated carbocycles. The molecular weight excluding hydrogens is 286 g/mol. The van der Waals surface area contributed by atoms with Crippen molar-refractivity contribution in [3.63, 3.8) is 0 Å². The van der Waals surface area contributed by atoms with Crippen molar-refractivity contribution >= 4 is 5.82 Å². The van der Waals surface area contributed by atoms with E-state index in [0.717, 1.165) is 16.9 Å². The van der Waals surface area contributed by atoms with Crippen LogP contribution >= 0.6 is 0 Å². The van der Waals surface area contributed by atoms with Crippen LogP contribution in [0.15, 0.2) is 66.9 Å². The highest BCUT2D eigenvalue weighted by atomic mass is 16.3. The standard InChI is InChI=1S/C19H19N3O/c1-22(2)19-16(17(23)14-9-5-3-6-10-14)13-20-18(21-19)15-11-7-4-8-12-15/h3-13,17,23H,1-2H3. The average molecular weight is 305 g/mol. The maximum absolute atomic E-state index is 10.7. The fourth-order valence-electron chi connectivity index (χ4n) is 2.47. The highest BCUT2D eigenvalue weighted by molar-refractivity contribution is 5.59. The van der Waals surface area contributed by atoms with Crippen LogP contribution in [0.3, 0.4) is 0 Å². The Morgan fingerprint density at radius 1 is 0.913 bits per heavy atom. The van der Waals surface area contributed by atoms with E-state index in [1.807, 2.05) is 79.7 Å². The molecule has 1 unspecified atom stereocenters. The van der Waals surface area contributed by atoms with E-state index < -0.39 is 6.10 Å². The van der Waals surface area contributed by atoms with Crippen LogP contribution in [0.2, 0.25) is 0 Å². The molecule has 0 spiro atoms. The van der Waals surface area contributed by atoms with Gasteiger partial charge >= 0.3 is 0 Å². The summed E-state index contributed by atoms with van der Waals surface area (Å²) in [7, 11) is 3.83. The fourth-order valence-corrected chi connectivity index (χ4v) is 2.47. The monoisotopic (exact) mass is 305 g/mol. The van der Waals surface area contributed by atoms with E-state index in [2.05, 4.69) is 9.97 Å². The van der Waals surface area contributed by atoms with Gasteiger partial charge in [0.2, 0.25) is 0 Å². The first-order valence-corrected chi connectivity index (χ1v) is 7.49. The lowest BCUT2D eigenvalue weighted by Gasteiger charge is -2.20. The third-order valence-corrected chi connectivity index (χ3v) is 3.66. The highest BCUT2D eigenvalue weighted by Gasteiger charge is 2.18. The number of aliphatic hydroxyl groups is 1. The maximum Gasteiger partial charge on any atom is 0.161 e. The first-order valence-electron chi connectivity index (χ1n) is 7.49. The number of aromatic nitrogens is 2. The van der Waals surface area contributed by atoms with E-state index in [1.54, 1.807) is 6.20 Å². The quantitative estimate of drug-likeness (QED) is 0.803. The second-order valence-electron chi connectivity index (χ2n) is 5.55. The van der Waals surface area contributed by atoms with Gasteiger partial charge in [0.25, 0.3) is 0 Å². The van der Waals surface area contributed by atoms with Crippen molar-refractivity contribution in [1.29, 1.82) is 0 Å². The number of hydrogen-bond donors (Lipinski definition) is 1. The van der Waals surface area contributed by atoms with Gasteiger partial charge in [-0.1, -0.05) is 60.7 Å². The predicted molar refractivity (Wildman–Crippen MR) is 92.3 cm³/mol. The minimum Gasteiger partial charge on any atom is -0.383 e. The number of benzene rings is 2. The molecule has 1 N–H and O–H groups in total. The molecule has 3 rings (SSSR count). The fraction of sp³-hybridized carbons (Fsp3) is 0.158. The Bertz CT molecular complexity index is 773. The predicted octanol–water partition coefficient (Wildman–Crippen LogP) is 3.29. The van der Waals surface area contributed by atoms with E-state index >= 15 is 0 Å². The molecule has 4 nitrogen and oxygen atoms in total.